The van der Waals surface area contributed by atoms with E-state index < -0.39 is 0 Å². The molecule has 1 aromatic carbocycles. The molecule has 0 atom stereocenters. The first-order chi connectivity index (χ1) is 10.6. The number of nitrogens with one attached hydrogen (secondary N) is 1. The van der Waals surface area contributed by atoms with Crippen molar-refractivity contribution in [2.24, 2.45) is 0 Å². The number of carbonyl (C=O) groups is 2. The number of rotatable bonds is 3. The van der Waals surface area contributed by atoms with Crippen LogP contribution in [0.4, 0.5) is 5.69 Å². The van der Waals surface area contributed by atoms with Gasteiger partial charge in [0, 0.05) is 31.9 Å². The molecule has 2 aromatic rings. The van der Waals surface area contributed by atoms with Crippen LogP contribution in [0.15, 0.2) is 42.6 Å². The Morgan fingerprint density at radius 3 is 2.91 bits per heavy atom. The molecule has 1 aliphatic heterocycles. The average molecular weight is 295 g/mol. The maximum absolute atomic E-state index is 12.0. The van der Waals surface area contributed by atoms with Crippen molar-refractivity contribution < 1.29 is 9.59 Å². The number of aryl methyl sites for hydroxylation is 1. The molecule has 0 saturated carbocycles. The van der Waals surface area contributed by atoms with Crippen LogP contribution in [0.3, 0.4) is 0 Å². The fraction of sp³-hybridized carbons (Fsp3) is 0.235. The highest BCUT2D eigenvalue weighted by Gasteiger charge is 2.20. The lowest BCUT2D eigenvalue weighted by Gasteiger charge is -2.26. The third-order valence-electron chi connectivity index (χ3n) is 3.84. The fourth-order valence-corrected chi connectivity index (χ4v) is 2.59. The van der Waals surface area contributed by atoms with Gasteiger partial charge in [0.1, 0.15) is 5.69 Å². The third-order valence-corrected chi connectivity index (χ3v) is 3.84. The lowest BCUT2D eigenvalue weighted by Crippen LogP contribution is -2.31. The highest BCUT2D eigenvalue weighted by molar-refractivity contribution is 5.96. The fourth-order valence-electron chi connectivity index (χ4n) is 2.59. The Hall–Kier alpha value is -2.69. The molecule has 22 heavy (non-hydrogen) atoms. The minimum atomic E-state index is -0.189. The molecule has 0 aliphatic carbocycles. The standard InChI is InChI=1S/C17H17N3O2/c1-20-15-7-5-12(10-13(15)6-8-16(20)21)11-19-17(22)14-4-2-3-9-18-14/h2-5,7,9-10H,6,8,11H2,1H3,(H,19,22). The molecule has 1 aromatic heterocycles. The summed E-state index contributed by atoms with van der Waals surface area (Å²) in [6.07, 6.45) is 2.88. The molecule has 0 bridgehead atoms. The first-order valence-corrected chi connectivity index (χ1v) is 7.23. The van der Waals surface area contributed by atoms with Gasteiger partial charge in [-0.1, -0.05) is 18.2 Å². The van der Waals surface area contributed by atoms with Crippen molar-refractivity contribution in [2.75, 3.05) is 11.9 Å². The van der Waals surface area contributed by atoms with Crippen molar-refractivity contribution in [2.45, 2.75) is 19.4 Å². The predicted molar refractivity (Wildman–Crippen MR) is 83.6 cm³/mol. The second-order valence-electron chi connectivity index (χ2n) is 5.31. The minimum Gasteiger partial charge on any atom is -0.347 e. The Morgan fingerprint density at radius 2 is 2.14 bits per heavy atom. The Balaban J connectivity index is 1.69. The highest BCUT2D eigenvalue weighted by Crippen LogP contribution is 2.27. The maximum Gasteiger partial charge on any atom is 0.270 e. The quantitative estimate of drug-likeness (QED) is 0.941. The largest absolute Gasteiger partial charge is 0.347 e. The Kier molecular flexibility index (Phi) is 3.87. The summed E-state index contributed by atoms with van der Waals surface area (Å²) in [6, 6.07) is 11.2. The van der Waals surface area contributed by atoms with Gasteiger partial charge in [-0.3, -0.25) is 14.6 Å². The molecule has 1 aliphatic rings. The van der Waals surface area contributed by atoms with Gasteiger partial charge < -0.3 is 10.2 Å². The second kappa shape index (κ2) is 5.97. The molecule has 1 N–H and O–H groups in total. The zero-order valence-electron chi connectivity index (χ0n) is 12.4. The molecule has 2 amide bonds. The van der Waals surface area contributed by atoms with E-state index in [4.69, 9.17) is 0 Å². The van der Waals surface area contributed by atoms with Crippen LogP contribution in [0.1, 0.15) is 28.0 Å². The number of nitrogens with zero attached hydrogens (tertiary/aromatic N) is 2. The topological polar surface area (TPSA) is 62.3 Å². The highest BCUT2D eigenvalue weighted by atomic mass is 16.2. The van der Waals surface area contributed by atoms with E-state index in [0.29, 0.717) is 18.7 Å². The monoisotopic (exact) mass is 295 g/mol. The van der Waals surface area contributed by atoms with Crippen molar-refractivity contribution in [3.63, 3.8) is 0 Å². The van der Waals surface area contributed by atoms with E-state index in [1.807, 2.05) is 12.1 Å². The van der Waals surface area contributed by atoms with E-state index in [1.54, 1.807) is 36.3 Å². The van der Waals surface area contributed by atoms with Crippen LogP contribution in [0.5, 0.6) is 0 Å². The van der Waals surface area contributed by atoms with Crippen LogP contribution in [-0.4, -0.2) is 23.8 Å². The number of benzene rings is 1. The predicted octanol–water partition coefficient (Wildman–Crippen LogP) is 1.92. The molecule has 0 saturated heterocycles. The summed E-state index contributed by atoms with van der Waals surface area (Å²) >= 11 is 0. The van der Waals surface area contributed by atoms with Gasteiger partial charge in [-0.15, -0.1) is 0 Å². The van der Waals surface area contributed by atoms with Crippen molar-refractivity contribution in [1.82, 2.24) is 10.3 Å². The van der Waals surface area contributed by atoms with Gasteiger partial charge in [0.15, 0.2) is 0 Å². The third kappa shape index (κ3) is 2.83. The van der Waals surface area contributed by atoms with Gasteiger partial charge in [0.25, 0.3) is 5.91 Å². The molecule has 0 spiro atoms. The number of carbonyl (C=O) groups excluding carboxylic acids is 2. The number of anilines is 1. The van der Waals surface area contributed by atoms with Gasteiger partial charge in [-0.05, 0) is 35.7 Å². The van der Waals surface area contributed by atoms with Crippen LogP contribution in [-0.2, 0) is 17.8 Å². The van der Waals surface area contributed by atoms with Gasteiger partial charge in [-0.25, -0.2) is 0 Å². The number of pyridine rings is 1. The van der Waals surface area contributed by atoms with E-state index in [9.17, 15) is 9.59 Å². The number of amides is 2. The van der Waals surface area contributed by atoms with Crippen molar-refractivity contribution >= 4 is 17.5 Å². The van der Waals surface area contributed by atoms with Crippen LogP contribution in [0.2, 0.25) is 0 Å². The van der Waals surface area contributed by atoms with E-state index in [0.717, 1.165) is 23.2 Å². The molecule has 3 rings (SSSR count). The van der Waals surface area contributed by atoms with Gasteiger partial charge >= 0.3 is 0 Å². The summed E-state index contributed by atoms with van der Waals surface area (Å²) in [5.74, 6) is -0.0469. The van der Waals surface area contributed by atoms with E-state index in [-0.39, 0.29) is 11.8 Å². The van der Waals surface area contributed by atoms with Crippen LogP contribution in [0.25, 0.3) is 0 Å². The number of hydrogen-bond donors (Lipinski definition) is 1. The summed E-state index contributed by atoms with van der Waals surface area (Å²) in [5.41, 5.74) is 3.53. The Morgan fingerprint density at radius 1 is 1.27 bits per heavy atom. The molecule has 2 heterocycles. The first kappa shape index (κ1) is 14.3. The number of aromatic nitrogens is 1. The lowest BCUT2D eigenvalue weighted by molar-refractivity contribution is -0.118. The normalized spacial score (nSPS) is 13.7. The molecule has 5 nitrogen and oxygen atoms in total. The number of hydrogen-bond acceptors (Lipinski definition) is 3. The number of fused-ring (bicyclic) bond motifs is 1. The van der Waals surface area contributed by atoms with Gasteiger partial charge in [0.2, 0.25) is 5.91 Å². The molecular formula is C17H17N3O2. The van der Waals surface area contributed by atoms with Crippen molar-refractivity contribution in [3.05, 3.63) is 59.4 Å². The van der Waals surface area contributed by atoms with E-state index in [2.05, 4.69) is 16.4 Å². The molecule has 5 heteroatoms. The molecule has 0 fully saturated rings. The minimum absolute atomic E-state index is 0.142. The maximum atomic E-state index is 12.0. The van der Waals surface area contributed by atoms with E-state index >= 15 is 0 Å². The van der Waals surface area contributed by atoms with Crippen molar-refractivity contribution in [3.8, 4) is 0 Å². The summed E-state index contributed by atoms with van der Waals surface area (Å²) in [6.45, 7) is 0.445. The average Bonchev–Trinajstić information content (AvgIpc) is 2.57. The van der Waals surface area contributed by atoms with Gasteiger partial charge in [-0.2, -0.15) is 0 Å². The molecular weight excluding hydrogens is 278 g/mol. The molecule has 112 valence electrons. The zero-order chi connectivity index (χ0) is 15.5. The molecule has 0 radical (unpaired) electrons. The zero-order valence-corrected chi connectivity index (χ0v) is 12.4. The van der Waals surface area contributed by atoms with Gasteiger partial charge in [0.05, 0.1) is 0 Å². The van der Waals surface area contributed by atoms with E-state index in [1.165, 1.54) is 0 Å². The molecule has 0 unspecified atom stereocenters. The Labute approximate surface area is 129 Å². The smallest absolute Gasteiger partial charge is 0.270 e. The first-order valence-electron chi connectivity index (χ1n) is 7.23. The van der Waals surface area contributed by atoms with Crippen molar-refractivity contribution in [1.29, 1.82) is 0 Å². The summed E-state index contributed by atoms with van der Waals surface area (Å²) in [5, 5.41) is 2.86. The second-order valence-corrected chi connectivity index (χ2v) is 5.31. The van der Waals surface area contributed by atoms with Crippen LogP contribution >= 0.6 is 0 Å². The summed E-state index contributed by atoms with van der Waals surface area (Å²) < 4.78 is 0. The lowest BCUT2D eigenvalue weighted by atomic mass is 9.99. The van der Waals surface area contributed by atoms with Crippen LogP contribution < -0.4 is 10.2 Å². The van der Waals surface area contributed by atoms with Crippen LogP contribution in [0, 0.1) is 0 Å². The summed E-state index contributed by atoms with van der Waals surface area (Å²) in [4.78, 5) is 29.4. The summed E-state index contributed by atoms with van der Waals surface area (Å²) in [7, 11) is 1.79. The Bertz CT molecular complexity index is 713. The SMILES string of the molecule is CN1C(=O)CCc2cc(CNC(=O)c3ccccn3)ccc21.